The smallest absolute Gasteiger partial charge is 0.256 e. The molecule has 210 valence electrons. The highest BCUT2D eigenvalue weighted by molar-refractivity contribution is 7.99. The van der Waals surface area contributed by atoms with Gasteiger partial charge in [-0.3, -0.25) is 4.79 Å². The van der Waals surface area contributed by atoms with E-state index in [1.54, 1.807) is 11.8 Å². The van der Waals surface area contributed by atoms with E-state index in [0.29, 0.717) is 25.5 Å². The summed E-state index contributed by atoms with van der Waals surface area (Å²) >= 11 is 3.08. The molecule has 0 saturated carbocycles. The van der Waals surface area contributed by atoms with Crippen molar-refractivity contribution in [3.8, 4) is 0 Å². The van der Waals surface area contributed by atoms with Crippen molar-refractivity contribution < 1.29 is 23.7 Å². The number of benzene rings is 1. The van der Waals surface area contributed by atoms with Crippen molar-refractivity contribution in [3.63, 3.8) is 0 Å². The van der Waals surface area contributed by atoms with Gasteiger partial charge in [0.05, 0.1) is 18.9 Å². The van der Waals surface area contributed by atoms with Crippen LogP contribution in [0.3, 0.4) is 0 Å². The zero-order valence-corrected chi connectivity index (χ0v) is 24.9. The second-order valence-corrected chi connectivity index (χ2v) is 10.9. The van der Waals surface area contributed by atoms with E-state index in [-0.39, 0.29) is 18.6 Å². The number of thioether (sulfide) groups is 2. The second kappa shape index (κ2) is 16.5. The van der Waals surface area contributed by atoms with Gasteiger partial charge in [-0.25, -0.2) is 4.98 Å². The van der Waals surface area contributed by atoms with Crippen molar-refractivity contribution in [2.45, 2.75) is 87.4 Å². The molecule has 1 aliphatic heterocycles. The van der Waals surface area contributed by atoms with Gasteiger partial charge in [0.25, 0.3) is 5.91 Å². The number of amides is 1. The van der Waals surface area contributed by atoms with E-state index in [4.69, 9.17) is 18.9 Å². The van der Waals surface area contributed by atoms with E-state index in [0.717, 1.165) is 46.9 Å². The molecule has 0 unspecified atom stereocenters. The Balaban J connectivity index is 1.88. The van der Waals surface area contributed by atoms with Crippen molar-refractivity contribution in [1.29, 1.82) is 0 Å². The average Bonchev–Trinajstić information content (AvgIpc) is 2.93. The summed E-state index contributed by atoms with van der Waals surface area (Å²) in [4.78, 5) is 19.4. The maximum Gasteiger partial charge on any atom is 0.256 e. The summed E-state index contributed by atoms with van der Waals surface area (Å²) in [5.74, 6) is -0.268. The maximum atomic E-state index is 13.8. The number of rotatable bonds is 15. The van der Waals surface area contributed by atoms with Crippen LogP contribution in [-0.4, -0.2) is 67.6 Å². The molecule has 9 heteroatoms. The molecule has 0 bridgehead atoms. The van der Waals surface area contributed by atoms with Crippen LogP contribution in [0, 0.1) is 6.92 Å². The molecule has 1 aromatic heterocycles. The Kier molecular flexibility index (Phi) is 13.4. The number of ether oxygens (including phenoxy) is 4. The van der Waals surface area contributed by atoms with Gasteiger partial charge < -0.3 is 24.3 Å². The Bertz CT molecular complexity index is 969. The van der Waals surface area contributed by atoms with Crippen LogP contribution in [-0.2, 0) is 30.3 Å². The van der Waals surface area contributed by atoms with Gasteiger partial charge in [0.1, 0.15) is 23.3 Å². The van der Waals surface area contributed by atoms with Gasteiger partial charge in [-0.15, -0.1) is 23.5 Å². The highest BCUT2D eigenvalue weighted by atomic mass is 32.2. The highest BCUT2D eigenvalue weighted by Gasteiger charge is 2.46. The summed E-state index contributed by atoms with van der Waals surface area (Å²) < 4.78 is 25.2. The molecule has 0 aliphatic carbocycles. The lowest BCUT2D eigenvalue weighted by Gasteiger charge is -2.41. The van der Waals surface area contributed by atoms with Gasteiger partial charge in [0.15, 0.2) is 6.10 Å². The zero-order valence-electron chi connectivity index (χ0n) is 23.2. The van der Waals surface area contributed by atoms with Crippen molar-refractivity contribution in [3.05, 3.63) is 47.7 Å². The Morgan fingerprint density at radius 2 is 1.74 bits per heavy atom. The predicted molar refractivity (Wildman–Crippen MR) is 155 cm³/mol. The number of unbranched alkanes of at least 4 members (excludes halogenated alkanes) is 2. The molecule has 0 spiro atoms. The summed E-state index contributed by atoms with van der Waals surface area (Å²) in [5, 5.41) is 3.89. The Labute approximate surface area is 236 Å². The van der Waals surface area contributed by atoms with E-state index >= 15 is 0 Å². The first-order valence-corrected chi connectivity index (χ1v) is 15.9. The monoisotopic (exact) mass is 562 g/mol. The fourth-order valence-electron chi connectivity index (χ4n) is 4.27. The molecule has 0 radical (unpaired) electrons. The molecule has 1 aromatic carbocycles. The molecule has 2 aromatic rings. The minimum atomic E-state index is -0.859. The molecule has 4 atom stereocenters. The summed E-state index contributed by atoms with van der Waals surface area (Å²) in [5.41, 5.74) is 2.63. The molecular weight excluding hydrogens is 520 g/mol. The number of aromatic nitrogens is 1. The van der Waals surface area contributed by atoms with Crippen LogP contribution in [0.25, 0.3) is 0 Å². The molecule has 1 amide bonds. The molecule has 1 aliphatic rings. The number of pyridine rings is 1. The molecule has 1 fully saturated rings. The quantitative estimate of drug-likeness (QED) is 0.205. The molecule has 1 saturated heterocycles. The van der Waals surface area contributed by atoms with E-state index in [2.05, 4.69) is 24.1 Å². The van der Waals surface area contributed by atoms with Gasteiger partial charge in [-0.05, 0) is 43.9 Å². The van der Waals surface area contributed by atoms with Crippen LogP contribution >= 0.6 is 23.5 Å². The number of hydrogen-bond acceptors (Lipinski definition) is 8. The normalized spacial score (nSPS) is 21.4. The van der Waals surface area contributed by atoms with Crippen molar-refractivity contribution in [2.75, 3.05) is 37.6 Å². The number of nitrogens with zero attached hydrogens (tertiary/aromatic N) is 1. The zero-order chi connectivity index (χ0) is 27.3. The van der Waals surface area contributed by atoms with Crippen LogP contribution in [0.5, 0.6) is 0 Å². The first kappa shape index (κ1) is 30.9. The number of hydrogen-bond donors (Lipinski definition) is 1. The minimum absolute atomic E-state index is 0.265. The lowest BCUT2D eigenvalue weighted by molar-refractivity contribution is -0.229. The summed E-state index contributed by atoms with van der Waals surface area (Å²) in [6.07, 6.45) is 5.64. The summed E-state index contributed by atoms with van der Waals surface area (Å²) in [7, 11) is 0. The highest BCUT2D eigenvalue weighted by Crippen LogP contribution is 2.35. The maximum absolute atomic E-state index is 13.8. The third-order valence-electron chi connectivity index (χ3n) is 6.35. The summed E-state index contributed by atoms with van der Waals surface area (Å²) in [6, 6.07) is 11.9. The van der Waals surface area contributed by atoms with E-state index in [1.807, 2.05) is 55.8 Å². The molecule has 38 heavy (non-hydrogen) atoms. The third kappa shape index (κ3) is 8.69. The summed E-state index contributed by atoms with van der Waals surface area (Å²) in [6.45, 7) is 8.01. The third-order valence-corrected chi connectivity index (χ3v) is 7.79. The molecular formula is C29H42N2O5S2. The first-order valence-electron chi connectivity index (χ1n) is 13.4. The Morgan fingerprint density at radius 1 is 1.03 bits per heavy atom. The van der Waals surface area contributed by atoms with Crippen molar-refractivity contribution in [1.82, 2.24) is 4.98 Å². The van der Waals surface area contributed by atoms with Crippen LogP contribution in [0.15, 0.2) is 46.3 Å². The number of carbonyl (C=O) groups is 1. The fraction of sp³-hybridized carbons (Fsp3) is 0.586. The van der Waals surface area contributed by atoms with Gasteiger partial charge >= 0.3 is 0 Å². The van der Waals surface area contributed by atoms with Crippen molar-refractivity contribution >= 4 is 35.1 Å². The van der Waals surface area contributed by atoms with Gasteiger partial charge in [0, 0.05) is 23.8 Å². The van der Waals surface area contributed by atoms with Crippen LogP contribution < -0.4 is 5.32 Å². The van der Waals surface area contributed by atoms with Gasteiger partial charge in [-0.1, -0.05) is 57.0 Å². The number of anilines is 1. The van der Waals surface area contributed by atoms with E-state index < -0.39 is 18.3 Å². The van der Waals surface area contributed by atoms with Crippen LogP contribution in [0.4, 0.5) is 5.69 Å². The average molecular weight is 563 g/mol. The largest absolute Gasteiger partial charge is 0.373 e. The molecule has 2 heterocycles. The Hall–Kier alpha value is -1.62. The lowest BCUT2D eigenvalue weighted by atomic mass is 9.98. The minimum Gasteiger partial charge on any atom is -0.373 e. The van der Waals surface area contributed by atoms with Crippen LogP contribution in [0.1, 0.15) is 50.8 Å². The number of aryl methyl sites for hydroxylation is 1. The topological polar surface area (TPSA) is 78.9 Å². The molecule has 1 N–H and O–H groups in total. The van der Waals surface area contributed by atoms with Gasteiger partial charge in [-0.2, -0.15) is 0 Å². The number of carbonyl (C=O) groups excluding carboxylic acids is 1. The molecule has 7 nitrogen and oxygen atoms in total. The lowest BCUT2D eigenvalue weighted by Crippen LogP contribution is -2.59. The second-order valence-electron chi connectivity index (χ2n) is 9.31. The first-order chi connectivity index (χ1) is 18.5. The Morgan fingerprint density at radius 3 is 2.39 bits per heavy atom. The van der Waals surface area contributed by atoms with E-state index in [1.165, 1.54) is 11.8 Å². The van der Waals surface area contributed by atoms with E-state index in [9.17, 15) is 4.79 Å². The van der Waals surface area contributed by atoms with Gasteiger partial charge in [0.2, 0.25) is 0 Å². The number of nitrogens with one attached hydrogen (secondary N) is 1. The predicted octanol–water partition coefficient (Wildman–Crippen LogP) is 6.13. The standard InChI is InChI=1S/C29H42N2O5S2/c1-6-8-15-33-22-19-36-27(28(32)31-24-23(37-4)17-20(3)30-29(24)38-5)26(25(22)34-16-9-7-2)35-18-21-13-11-10-12-14-21/h10-14,17,22,25-27H,6-9,15-16,18-19H2,1-5H3,(H,31,32)/t22-,25+,26-,27+/m1/s1. The van der Waals surface area contributed by atoms with Crippen LogP contribution in [0.2, 0.25) is 0 Å². The SMILES string of the molecule is CCCCO[C@@H]1[C@@H](OCc2ccccc2)[C@@H](C(=O)Nc2c(SC)cc(C)nc2SC)OC[C@H]1OCCCC. The molecule has 3 rings (SSSR count). The fourth-order valence-corrected chi connectivity index (χ4v) is 5.57. The van der Waals surface area contributed by atoms with Crippen molar-refractivity contribution in [2.24, 2.45) is 0 Å².